The summed E-state index contributed by atoms with van der Waals surface area (Å²) < 4.78 is 1.84. The number of fused-ring (bicyclic) bond motifs is 2. The number of carboxylic acid groups (broad SMARTS) is 2. The number of aliphatic carboxylic acids is 2. The Morgan fingerprint density at radius 3 is 2.77 bits per heavy atom. The topological polar surface area (TPSA) is 233 Å². The number of oxime groups is 1. The van der Waals surface area contributed by atoms with Gasteiger partial charge in [0.2, 0.25) is 6.61 Å². The first-order valence-corrected chi connectivity index (χ1v) is 15.6. The van der Waals surface area contributed by atoms with Crippen molar-refractivity contribution in [3.05, 3.63) is 51.4 Å². The van der Waals surface area contributed by atoms with Crippen molar-refractivity contribution in [2.45, 2.75) is 38.2 Å². The number of β-lactam (4-membered cyclic amide) rings is 1. The third-order valence-corrected chi connectivity index (χ3v) is 8.91. The first-order chi connectivity index (χ1) is 21.1. The van der Waals surface area contributed by atoms with Gasteiger partial charge in [0.1, 0.15) is 28.0 Å². The van der Waals surface area contributed by atoms with Gasteiger partial charge in [0, 0.05) is 16.9 Å². The minimum atomic E-state index is -1.52. The van der Waals surface area contributed by atoms with Crippen LogP contribution in [0.5, 0.6) is 0 Å². The van der Waals surface area contributed by atoms with Crippen LogP contribution in [-0.4, -0.2) is 79.8 Å². The maximum atomic E-state index is 13.2. The zero-order valence-corrected chi connectivity index (χ0v) is 25.9. The Hall–Kier alpha value is -4.19. The van der Waals surface area contributed by atoms with Gasteiger partial charge in [-0.05, 0) is 25.1 Å². The van der Waals surface area contributed by atoms with Crippen LogP contribution in [0.4, 0.5) is 5.13 Å². The molecule has 2 aliphatic rings. The van der Waals surface area contributed by atoms with Crippen molar-refractivity contribution in [2.24, 2.45) is 10.9 Å². The Kier molecular flexibility index (Phi) is 10.5. The van der Waals surface area contributed by atoms with E-state index in [2.05, 4.69) is 20.4 Å². The Morgan fingerprint density at radius 1 is 1.39 bits per heavy atom. The lowest BCUT2D eigenvalue weighted by atomic mass is 10.0. The van der Waals surface area contributed by atoms with E-state index in [4.69, 9.17) is 33.0 Å². The number of carbonyl (C=O) groups is 4. The van der Waals surface area contributed by atoms with Gasteiger partial charge in [-0.3, -0.25) is 14.5 Å². The van der Waals surface area contributed by atoms with Crippen LogP contribution in [0.2, 0.25) is 4.34 Å². The second kappa shape index (κ2) is 14.1. The minimum Gasteiger partial charge on any atom is -0.543 e. The molecule has 3 aromatic heterocycles. The average molecular weight is 665 g/mol. The summed E-state index contributed by atoms with van der Waals surface area (Å²) in [4.78, 5) is 62.4. The summed E-state index contributed by atoms with van der Waals surface area (Å²) in [6.45, 7) is 3.79. The number of H-pyrrole nitrogens is 1. The number of thioether (sulfide) groups is 1. The molecule has 3 aromatic rings. The first kappa shape index (κ1) is 32.7. The standard InChI is InChI=1S/C24H23ClN8O7S2.C2H6/c25-18-14(30-24(27)42-18)15(31-40-8-13(34)35)20(36)29-16-21(37)33-17(23(38)39)11(9-41-22(16)33)7-32-5-1-2-12-10(3-4-26)6-28-19(12)32;1-2/h1-2,5-6,16,22H,3-4,7-9,26H2,(H5,27,29,30,34,35,36,38,39);1-2H3/b31-15-;/t16-,22-;/m1./s1. The van der Waals surface area contributed by atoms with E-state index < -0.39 is 47.5 Å². The van der Waals surface area contributed by atoms with E-state index in [1.165, 1.54) is 11.8 Å². The van der Waals surface area contributed by atoms with Gasteiger partial charge in [0.25, 0.3) is 17.5 Å². The lowest BCUT2D eigenvalue weighted by molar-refractivity contribution is -0.664. The SMILES string of the molecule is CC.NCCc1c[nH]c2c1ccc[n+]2CC1=C(C(=O)[O-])N2C(=O)[C@@H](NC(=O)/C(=N\OCC(=O)O)c3nc(N)sc3Cl)[C@H]2SC1. The molecule has 15 nitrogen and oxygen atoms in total. The van der Waals surface area contributed by atoms with Crippen LogP contribution in [0.15, 0.2) is 41.0 Å². The predicted molar refractivity (Wildman–Crippen MR) is 161 cm³/mol. The molecule has 2 amide bonds. The Bertz CT molecular complexity index is 1670. The lowest BCUT2D eigenvalue weighted by Crippen LogP contribution is -2.71. The number of rotatable bonds is 11. The van der Waals surface area contributed by atoms with Crippen LogP contribution in [0.25, 0.3) is 11.0 Å². The number of pyridine rings is 1. The number of aromatic amines is 1. The zero-order valence-electron chi connectivity index (χ0n) is 23.5. The number of halogens is 1. The van der Waals surface area contributed by atoms with E-state index in [0.29, 0.717) is 18.5 Å². The highest BCUT2D eigenvalue weighted by Crippen LogP contribution is 2.40. The monoisotopic (exact) mass is 664 g/mol. The van der Waals surface area contributed by atoms with Crippen molar-refractivity contribution in [2.75, 3.05) is 24.6 Å². The van der Waals surface area contributed by atoms with Gasteiger partial charge in [-0.25, -0.2) is 19.3 Å². The predicted octanol–water partition coefficient (Wildman–Crippen LogP) is -0.416. The number of hydrogen-bond acceptors (Lipinski definition) is 12. The van der Waals surface area contributed by atoms with Crippen molar-refractivity contribution >= 4 is 80.3 Å². The zero-order chi connectivity index (χ0) is 32.1. The van der Waals surface area contributed by atoms with Gasteiger partial charge in [0.05, 0.1) is 29.4 Å². The number of nitrogen functional groups attached to an aromatic ring is 1. The smallest absolute Gasteiger partial charge is 0.344 e. The molecule has 2 atom stereocenters. The number of thiazole rings is 1. The Labute approximate surface area is 263 Å². The molecule has 7 N–H and O–H groups in total. The average Bonchev–Trinajstić information content (AvgIpc) is 3.56. The van der Waals surface area contributed by atoms with Crippen molar-refractivity contribution < 1.29 is 38.8 Å². The molecule has 5 heterocycles. The van der Waals surface area contributed by atoms with Crippen LogP contribution in [0.3, 0.4) is 0 Å². The van der Waals surface area contributed by atoms with Gasteiger partial charge >= 0.3 is 5.97 Å². The van der Waals surface area contributed by atoms with Gasteiger partial charge < -0.3 is 36.6 Å². The number of hydrogen-bond donors (Lipinski definition) is 5. The second-order valence-electron chi connectivity index (χ2n) is 9.13. The molecule has 0 unspecified atom stereocenters. The fraction of sp³-hybridized carbons (Fsp3) is 0.346. The van der Waals surface area contributed by atoms with Crippen molar-refractivity contribution in [1.29, 1.82) is 0 Å². The number of nitrogens with zero attached hydrogens (tertiary/aromatic N) is 4. The maximum absolute atomic E-state index is 13.2. The van der Waals surface area contributed by atoms with Crippen molar-refractivity contribution in [1.82, 2.24) is 20.2 Å². The van der Waals surface area contributed by atoms with E-state index in [1.807, 2.05) is 36.7 Å². The third-order valence-electron chi connectivity index (χ3n) is 6.49. The number of carboxylic acids is 2. The van der Waals surface area contributed by atoms with Gasteiger partial charge in [-0.1, -0.05) is 41.9 Å². The quantitative estimate of drug-likeness (QED) is 0.0764. The molecule has 0 aromatic carbocycles. The van der Waals surface area contributed by atoms with Crippen LogP contribution < -0.4 is 26.5 Å². The van der Waals surface area contributed by atoms with Crippen LogP contribution in [0.1, 0.15) is 25.1 Å². The summed E-state index contributed by atoms with van der Waals surface area (Å²) >= 11 is 8.23. The molecule has 0 spiro atoms. The molecule has 44 heavy (non-hydrogen) atoms. The molecule has 0 aliphatic carbocycles. The normalized spacial score (nSPS) is 17.9. The van der Waals surface area contributed by atoms with Gasteiger partial charge in [-0.15, -0.1) is 11.8 Å². The molecule has 1 fully saturated rings. The van der Waals surface area contributed by atoms with Crippen LogP contribution in [-0.2, 0) is 37.0 Å². The van der Waals surface area contributed by atoms with Crippen LogP contribution >= 0.6 is 34.7 Å². The van der Waals surface area contributed by atoms with Gasteiger partial charge in [0.15, 0.2) is 10.8 Å². The summed E-state index contributed by atoms with van der Waals surface area (Å²) in [5, 5.41) is 27.4. The fourth-order valence-electron chi connectivity index (χ4n) is 4.71. The lowest BCUT2D eigenvalue weighted by Gasteiger charge is -2.50. The number of aromatic nitrogens is 3. The molecule has 1 saturated heterocycles. The molecular weight excluding hydrogens is 636 g/mol. The maximum Gasteiger partial charge on any atom is 0.344 e. The summed E-state index contributed by atoms with van der Waals surface area (Å²) in [6.07, 6.45) is 4.33. The number of amides is 2. The number of anilines is 1. The fourth-order valence-corrected chi connectivity index (χ4v) is 6.98. The van der Waals surface area contributed by atoms with Crippen molar-refractivity contribution in [3.63, 3.8) is 0 Å². The highest BCUT2D eigenvalue weighted by molar-refractivity contribution is 8.00. The third kappa shape index (κ3) is 6.50. The molecular formula is C26H29ClN8O7S2. The first-order valence-electron chi connectivity index (χ1n) is 13.3. The molecule has 0 saturated carbocycles. The molecule has 234 valence electrons. The van der Waals surface area contributed by atoms with Crippen LogP contribution in [0, 0.1) is 0 Å². The highest BCUT2D eigenvalue weighted by Gasteiger charge is 2.53. The highest BCUT2D eigenvalue weighted by atomic mass is 35.5. The summed E-state index contributed by atoms with van der Waals surface area (Å²) in [6, 6.07) is 2.66. The van der Waals surface area contributed by atoms with Crippen molar-refractivity contribution in [3.8, 4) is 0 Å². The summed E-state index contributed by atoms with van der Waals surface area (Å²) in [7, 11) is 0. The number of nitrogens with two attached hydrogens (primary N) is 2. The number of carbonyl (C=O) groups excluding carboxylic acids is 3. The molecule has 0 bridgehead atoms. The molecule has 18 heteroatoms. The van der Waals surface area contributed by atoms with E-state index >= 15 is 0 Å². The summed E-state index contributed by atoms with van der Waals surface area (Å²) in [5.74, 6) is -4.25. The van der Waals surface area contributed by atoms with E-state index in [1.54, 1.807) is 6.20 Å². The molecule has 5 rings (SSSR count). The molecule has 0 radical (unpaired) electrons. The van der Waals surface area contributed by atoms with E-state index in [-0.39, 0.29) is 33.2 Å². The largest absolute Gasteiger partial charge is 0.543 e. The molecule has 2 aliphatic heterocycles. The Balaban J connectivity index is 0.00000216. The number of nitrogens with one attached hydrogen (secondary N) is 2. The van der Waals surface area contributed by atoms with E-state index in [9.17, 15) is 24.3 Å². The Morgan fingerprint density at radius 2 is 2.14 bits per heavy atom. The summed E-state index contributed by atoms with van der Waals surface area (Å²) in [5.41, 5.74) is 12.7. The minimum absolute atomic E-state index is 0.00882. The van der Waals surface area contributed by atoms with E-state index in [0.717, 1.165) is 32.8 Å². The second-order valence-corrected chi connectivity index (χ2v) is 11.9. The van der Waals surface area contributed by atoms with Gasteiger partial charge in [-0.2, -0.15) is 0 Å².